The molecule has 0 bridgehead atoms. The van der Waals surface area contributed by atoms with Gasteiger partial charge in [0.25, 0.3) is 0 Å². The van der Waals surface area contributed by atoms with Crippen molar-refractivity contribution in [2.75, 3.05) is 4.90 Å². The van der Waals surface area contributed by atoms with E-state index in [1.807, 2.05) is 4.90 Å². The summed E-state index contributed by atoms with van der Waals surface area (Å²) in [7, 11) is 0. The van der Waals surface area contributed by atoms with E-state index < -0.39 is 0 Å². The summed E-state index contributed by atoms with van der Waals surface area (Å²) < 4.78 is 5.60. The smallest absolute Gasteiger partial charge is 0.415 e. The van der Waals surface area contributed by atoms with Gasteiger partial charge in [-0.25, -0.2) is 4.79 Å². The Kier molecular flexibility index (Phi) is 2.78. The quantitative estimate of drug-likeness (QED) is 0.661. The molecule has 0 spiro atoms. The summed E-state index contributed by atoms with van der Waals surface area (Å²) in [5.41, 5.74) is 6.32. The van der Waals surface area contributed by atoms with Crippen LogP contribution >= 0.6 is 0 Å². The molecule has 23 heavy (non-hydrogen) atoms. The predicted molar refractivity (Wildman–Crippen MR) is 89.7 cm³/mol. The first-order valence-electron chi connectivity index (χ1n) is 8.52. The molecule has 0 unspecified atom stereocenters. The number of rotatable bonds is 1. The summed E-state index contributed by atoms with van der Waals surface area (Å²) in [5.74, 6) is 0. The van der Waals surface area contributed by atoms with Gasteiger partial charge in [0.2, 0.25) is 0 Å². The third-order valence-corrected chi connectivity index (χ3v) is 5.50. The number of hydrogen-bond donors (Lipinski definition) is 0. The van der Waals surface area contributed by atoms with E-state index in [4.69, 9.17) is 4.74 Å². The molecule has 0 radical (unpaired) electrons. The van der Waals surface area contributed by atoms with Crippen LogP contribution in [0.1, 0.15) is 36.8 Å². The second kappa shape index (κ2) is 4.85. The van der Waals surface area contributed by atoms with Crippen molar-refractivity contribution >= 4 is 11.8 Å². The van der Waals surface area contributed by atoms with Gasteiger partial charge in [0.05, 0.1) is 6.04 Å². The van der Waals surface area contributed by atoms with Crippen LogP contribution in [0.25, 0.3) is 11.1 Å². The van der Waals surface area contributed by atoms with Gasteiger partial charge in [-0.1, -0.05) is 36.8 Å². The second-order valence-corrected chi connectivity index (χ2v) is 6.82. The molecule has 1 aliphatic heterocycles. The Bertz CT molecular complexity index is 798. The Hall–Kier alpha value is -2.29. The summed E-state index contributed by atoms with van der Waals surface area (Å²) in [6, 6.07) is 15.2. The summed E-state index contributed by atoms with van der Waals surface area (Å²) >= 11 is 0. The average Bonchev–Trinajstić information content (AvgIpc) is 3.10. The number of ether oxygens (including phenoxy) is 1. The Labute approximate surface area is 135 Å². The molecular formula is C20H19NO2. The van der Waals surface area contributed by atoms with Crippen molar-refractivity contribution < 1.29 is 9.53 Å². The van der Waals surface area contributed by atoms with Crippen LogP contribution in [0, 0.1) is 0 Å². The molecular weight excluding hydrogens is 286 g/mol. The van der Waals surface area contributed by atoms with Gasteiger partial charge in [-0.05, 0) is 60.1 Å². The lowest BCUT2D eigenvalue weighted by Gasteiger charge is -2.28. The summed E-state index contributed by atoms with van der Waals surface area (Å²) in [5, 5.41) is 0. The lowest BCUT2D eigenvalue weighted by molar-refractivity contribution is 0.113. The Morgan fingerprint density at radius 2 is 1.78 bits per heavy atom. The number of nitrogens with zero attached hydrogens (tertiary/aromatic N) is 1. The van der Waals surface area contributed by atoms with Crippen molar-refractivity contribution in [3.63, 3.8) is 0 Å². The third-order valence-electron chi connectivity index (χ3n) is 5.50. The molecule has 5 rings (SSSR count). The molecule has 3 aliphatic rings. The molecule has 3 heteroatoms. The van der Waals surface area contributed by atoms with Crippen LogP contribution in [0.2, 0.25) is 0 Å². The van der Waals surface area contributed by atoms with Crippen LogP contribution in [-0.2, 0) is 11.2 Å². The first kappa shape index (κ1) is 13.2. The van der Waals surface area contributed by atoms with E-state index in [0.29, 0.717) is 0 Å². The maximum Gasteiger partial charge on any atom is 0.415 e. The predicted octanol–water partition coefficient (Wildman–Crippen LogP) is 4.53. The van der Waals surface area contributed by atoms with E-state index in [1.54, 1.807) is 0 Å². The number of fused-ring (bicyclic) bond motifs is 4. The average molecular weight is 305 g/mol. The lowest BCUT2D eigenvalue weighted by atomic mass is 9.92. The van der Waals surface area contributed by atoms with E-state index in [9.17, 15) is 4.79 Å². The van der Waals surface area contributed by atoms with Gasteiger partial charge < -0.3 is 4.74 Å². The molecule has 2 aromatic carbocycles. The number of carbonyl (C=O) groups is 1. The van der Waals surface area contributed by atoms with Gasteiger partial charge >= 0.3 is 6.09 Å². The number of benzene rings is 2. The first-order chi connectivity index (χ1) is 11.3. The summed E-state index contributed by atoms with van der Waals surface area (Å²) in [6.07, 6.45) is 5.28. The molecule has 3 nitrogen and oxygen atoms in total. The topological polar surface area (TPSA) is 29.5 Å². The molecule has 2 aromatic rings. The second-order valence-electron chi connectivity index (χ2n) is 6.82. The Morgan fingerprint density at radius 3 is 2.74 bits per heavy atom. The van der Waals surface area contributed by atoms with Crippen molar-refractivity contribution in [2.45, 2.75) is 44.2 Å². The summed E-state index contributed by atoms with van der Waals surface area (Å²) in [4.78, 5) is 14.3. The van der Waals surface area contributed by atoms with Crippen LogP contribution in [0.5, 0.6) is 0 Å². The number of amides is 1. The van der Waals surface area contributed by atoms with Crippen LogP contribution < -0.4 is 4.90 Å². The van der Waals surface area contributed by atoms with Crippen LogP contribution in [-0.4, -0.2) is 18.2 Å². The van der Waals surface area contributed by atoms with Crippen molar-refractivity contribution in [1.82, 2.24) is 0 Å². The van der Waals surface area contributed by atoms with E-state index in [-0.39, 0.29) is 18.2 Å². The van der Waals surface area contributed by atoms with Crippen molar-refractivity contribution in [3.8, 4) is 11.1 Å². The van der Waals surface area contributed by atoms with Gasteiger partial charge in [0, 0.05) is 5.69 Å². The highest BCUT2D eigenvalue weighted by atomic mass is 16.6. The van der Waals surface area contributed by atoms with Crippen molar-refractivity contribution in [3.05, 3.63) is 53.6 Å². The molecule has 1 saturated carbocycles. The zero-order valence-corrected chi connectivity index (χ0v) is 13.0. The minimum absolute atomic E-state index is 0.0849. The molecule has 2 aliphatic carbocycles. The number of carbonyl (C=O) groups excluding carboxylic acids is 1. The van der Waals surface area contributed by atoms with Crippen LogP contribution in [0.4, 0.5) is 10.5 Å². The molecule has 1 saturated heterocycles. The highest BCUT2D eigenvalue weighted by molar-refractivity contribution is 5.92. The fraction of sp³-hybridized carbons (Fsp3) is 0.350. The molecule has 0 aromatic heterocycles. The van der Waals surface area contributed by atoms with E-state index in [0.717, 1.165) is 24.9 Å². The first-order valence-corrected chi connectivity index (χ1v) is 8.52. The minimum Gasteiger partial charge on any atom is -0.444 e. The highest BCUT2D eigenvalue weighted by Gasteiger charge is 2.43. The molecule has 2 atom stereocenters. The zero-order valence-electron chi connectivity index (χ0n) is 13.0. The fourth-order valence-corrected chi connectivity index (χ4v) is 4.41. The molecule has 1 amide bonds. The van der Waals surface area contributed by atoms with E-state index >= 15 is 0 Å². The maximum atomic E-state index is 12.4. The van der Waals surface area contributed by atoms with Crippen LogP contribution in [0.15, 0.2) is 42.5 Å². The van der Waals surface area contributed by atoms with Gasteiger partial charge in [-0.15, -0.1) is 0 Å². The largest absolute Gasteiger partial charge is 0.444 e. The van der Waals surface area contributed by atoms with Crippen LogP contribution in [0.3, 0.4) is 0 Å². The molecule has 116 valence electrons. The fourth-order valence-electron chi connectivity index (χ4n) is 4.41. The normalized spacial score (nSPS) is 24.9. The van der Waals surface area contributed by atoms with Gasteiger partial charge in [0.1, 0.15) is 6.10 Å². The van der Waals surface area contributed by atoms with Gasteiger partial charge in [-0.2, -0.15) is 0 Å². The number of hydrogen-bond acceptors (Lipinski definition) is 2. The molecule has 1 heterocycles. The lowest BCUT2D eigenvalue weighted by Crippen LogP contribution is -2.38. The van der Waals surface area contributed by atoms with Gasteiger partial charge in [0.15, 0.2) is 0 Å². The Balaban J connectivity index is 1.53. The molecule has 0 N–H and O–H groups in total. The standard InChI is InChI=1S/C20H19NO2/c22-20-21(18-7-3-4-8-19(18)23-20)15-9-10-17-14(12-15)11-13-5-1-2-6-16(13)17/h1-2,5-6,9-10,12,18-19H,3-4,7-8,11H2/t18-,19+/m0/s1. The molecule has 2 fully saturated rings. The SMILES string of the molecule is O=C1O[C@@H]2CCCC[C@@H]2N1c1ccc2c(c1)Cc1ccccc1-2. The maximum absolute atomic E-state index is 12.4. The van der Waals surface area contributed by atoms with E-state index in [2.05, 4.69) is 42.5 Å². The minimum atomic E-state index is -0.169. The highest BCUT2D eigenvalue weighted by Crippen LogP contribution is 2.41. The monoisotopic (exact) mass is 305 g/mol. The van der Waals surface area contributed by atoms with E-state index in [1.165, 1.54) is 35.1 Å². The Morgan fingerprint density at radius 1 is 0.957 bits per heavy atom. The van der Waals surface area contributed by atoms with Crippen molar-refractivity contribution in [2.24, 2.45) is 0 Å². The zero-order chi connectivity index (χ0) is 15.4. The summed E-state index contributed by atoms with van der Waals surface area (Å²) in [6.45, 7) is 0. The van der Waals surface area contributed by atoms with Gasteiger partial charge in [-0.3, -0.25) is 4.90 Å². The number of anilines is 1. The third kappa shape index (κ3) is 1.92. The van der Waals surface area contributed by atoms with Crippen molar-refractivity contribution in [1.29, 1.82) is 0 Å².